The summed E-state index contributed by atoms with van der Waals surface area (Å²) in [5.74, 6) is 0.764. The van der Waals surface area contributed by atoms with Gasteiger partial charge in [-0.3, -0.25) is 4.79 Å². The van der Waals surface area contributed by atoms with E-state index in [1.165, 1.54) is 23.3 Å². The second-order valence-electron chi connectivity index (χ2n) is 4.62. The van der Waals surface area contributed by atoms with Gasteiger partial charge in [-0.05, 0) is 37.7 Å². The number of carbonyl (C=O) groups is 1. The highest BCUT2D eigenvalue weighted by atomic mass is 32.1. The smallest absolute Gasteiger partial charge is 0.254 e. The number of nitrogen functional groups attached to an aromatic ring is 1. The molecule has 1 unspecified atom stereocenters. The summed E-state index contributed by atoms with van der Waals surface area (Å²) < 4.78 is 0. The Morgan fingerprint density at radius 3 is 2.94 bits per heavy atom. The van der Waals surface area contributed by atoms with E-state index in [0.717, 1.165) is 24.3 Å². The summed E-state index contributed by atoms with van der Waals surface area (Å²) >= 11 is 1.61. The van der Waals surface area contributed by atoms with E-state index in [9.17, 15) is 4.79 Å². The highest BCUT2D eigenvalue weighted by Gasteiger charge is 2.26. The van der Waals surface area contributed by atoms with Gasteiger partial charge in [0.15, 0.2) is 0 Å². The summed E-state index contributed by atoms with van der Waals surface area (Å²) in [5.41, 5.74) is 7.96. The zero-order valence-corrected chi connectivity index (χ0v) is 11.3. The van der Waals surface area contributed by atoms with Crippen LogP contribution in [0.15, 0.2) is 0 Å². The molecule has 0 saturated heterocycles. The summed E-state index contributed by atoms with van der Waals surface area (Å²) in [6, 6.07) is 0. The van der Waals surface area contributed by atoms with Gasteiger partial charge in [0.05, 0.1) is 10.6 Å². The van der Waals surface area contributed by atoms with Gasteiger partial charge in [-0.1, -0.05) is 13.3 Å². The van der Waals surface area contributed by atoms with Gasteiger partial charge in [-0.2, -0.15) is 0 Å². The maximum absolute atomic E-state index is 12.0. The second-order valence-corrected chi connectivity index (χ2v) is 5.76. The molecular formula is C13H20N2OS. The number of amides is 1. The van der Waals surface area contributed by atoms with Crippen molar-refractivity contribution in [1.29, 1.82) is 0 Å². The van der Waals surface area contributed by atoms with Crippen LogP contribution in [0.2, 0.25) is 0 Å². The van der Waals surface area contributed by atoms with Crippen LogP contribution in [-0.2, 0) is 12.8 Å². The highest BCUT2D eigenvalue weighted by molar-refractivity contribution is 7.16. The molecule has 1 amide bonds. The van der Waals surface area contributed by atoms with Crippen LogP contribution in [0.5, 0.6) is 0 Å². The van der Waals surface area contributed by atoms with Gasteiger partial charge in [-0.15, -0.1) is 11.3 Å². The van der Waals surface area contributed by atoms with Gasteiger partial charge in [0.25, 0.3) is 5.91 Å². The van der Waals surface area contributed by atoms with E-state index in [-0.39, 0.29) is 5.91 Å². The molecule has 3 nitrogen and oxygen atoms in total. The number of nitrogens with two attached hydrogens (primary N) is 1. The molecule has 1 aliphatic rings. The minimum Gasteiger partial charge on any atom is -0.390 e. The zero-order chi connectivity index (χ0) is 12.4. The molecule has 4 heteroatoms. The number of rotatable bonds is 3. The SMILES string of the molecule is CCNC(=O)c1c(N)sc2c1CCC(CC)C2. The average molecular weight is 252 g/mol. The van der Waals surface area contributed by atoms with Crippen LogP contribution in [0.4, 0.5) is 5.00 Å². The van der Waals surface area contributed by atoms with Gasteiger partial charge < -0.3 is 11.1 Å². The summed E-state index contributed by atoms with van der Waals surface area (Å²) in [7, 11) is 0. The summed E-state index contributed by atoms with van der Waals surface area (Å²) in [6.07, 6.45) is 4.51. The number of hydrogen-bond acceptors (Lipinski definition) is 3. The Balaban J connectivity index is 2.30. The third-order valence-electron chi connectivity index (χ3n) is 3.54. The van der Waals surface area contributed by atoms with Crippen molar-refractivity contribution in [2.24, 2.45) is 5.92 Å². The topological polar surface area (TPSA) is 55.1 Å². The Morgan fingerprint density at radius 1 is 1.53 bits per heavy atom. The fourth-order valence-corrected chi connectivity index (χ4v) is 3.75. The maximum atomic E-state index is 12.0. The molecule has 0 spiro atoms. The zero-order valence-electron chi connectivity index (χ0n) is 10.5. The molecule has 17 heavy (non-hydrogen) atoms. The van der Waals surface area contributed by atoms with Crippen LogP contribution in [0.3, 0.4) is 0 Å². The lowest BCUT2D eigenvalue weighted by molar-refractivity contribution is 0.0956. The van der Waals surface area contributed by atoms with E-state index in [2.05, 4.69) is 12.2 Å². The summed E-state index contributed by atoms with van der Waals surface area (Å²) in [4.78, 5) is 13.3. The Labute approximate surface area is 106 Å². The number of hydrogen-bond donors (Lipinski definition) is 2. The van der Waals surface area contributed by atoms with E-state index in [4.69, 9.17) is 5.73 Å². The predicted molar refractivity (Wildman–Crippen MR) is 72.5 cm³/mol. The highest BCUT2D eigenvalue weighted by Crippen LogP contribution is 2.38. The first-order valence-electron chi connectivity index (χ1n) is 6.35. The minimum atomic E-state index is -0.00236. The lowest BCUT2D eigenvalue weighted by Crippen LogP contribution is -2.25. The van der Waals surface area contributed by atoms with Crippen molar-refractivity contribution < 1.29 is 4.79 Å². The number of anilines is 1. The summed E-state index contributed by atoms with van der Waals surface area (Å²) in [6.45, 7) is 4.82. The molecule has 1 heterocycles. The van der Waals surface area contributed by atoms with Crippen LogP contribution in [0.1, 0.15) is 47.5 Å². The molecular weight excluding hydrogens is 232 g/mol. The van der Waals surface area contributed by atoms with E-state index in [0.29, 0.717) is 11.5 Å². The van der Waals surface area contributed by atoms with Crippen LogP contribution in [-0.4, -0.2) is 12.5 Å². The van der Waals surface area contributed by atoms with E-state index < -0.39 is 0 Å². The van der Waals surface area contributed by atoms with Crippen molar-refractivity contribution >= 4 is 22.2 Å². The largest absolute Gasteiger partial charge is 0.390 e. The van der Waals surface area contributed by atoms with Crippen LogP contribution >= 0.6 is 11.3 Å². The lowest BCUT2D eigenvalue weighted by Gasteiger charge is -2.21. The van der Waals surface area contributed by atoms with E-state index in [1.807, 2.05) is 6.92 Å². The molecule has 1 aromatic rings. The molecule has 0 fully saturated rings. The van der Waals surface area contributed by atoms with Crippen molar-refractivity contribution in [3.63, 3.8) is 0 Å². The monoisotopic (exact) mass is 252 g/mol. The molecule has 0 aromatic carbocycles. The maximum Gasteiger partial charge on any atom is 0.254 e. The van der Waals surface area contributed by atoms with Gasteiger partial charge in [0.1, 0.15) is 0 Å². The van der Waals surface area contributed by atoms with Crippen molar-refractivity contribution in [1.82, 2.24) is 5.32 Å². The minimum absolute atomic E-state index is 0.00236. The van der Waals surface area contributed by atoms with Gasteiger partial charge in [0.2, 0.25) is 0 Å². The molecule has 2 rings (SSSR count). The first-order chi connectivity index (χ1) is 8.17. The molecule has 0 aliphatic heterocycles. The fourth-order valence-electron chi connectivity index (χ4n) is 2.52. The standard InChI is InChI=1S/C13H20N2OS/c1-3-8-5-6-9-10(7-8)17-12(14)11(9)13(16)15-4-2/h8H,3-7,14H2,1-2H3,(H,15,16). The van der Waals surface area contributed by atoms with Crippen LogP contribution in [0, 0.1) is 5.92 Å². The third-order valence-corrected chi connectivity index (χ3v) is 4.62. The lowest BCUT2D eigenvalue weighted by atomic mass is 9.85. The van der Waals surface area contributed by atoms with E-state index >= 15 is 0 Å². The number of nitrogens with one attached hydrogen (secondary N) is 1. The summed E-state index contributed by atoms with van der Waals surface area (Å²) in [5, 5.41) is 3.54. The first kappa shape index (κ1) is 12.4. The molecule has 1 aliphatic carbocycles. The Hall–Kier alpha value is -1.03. The quantitative estimate of drug-likeness (QED) is 0.868. The molecule has 0 saturated carbocycles. The second kappa shape index (κ2) is 5.08. The van der Waals surface area contributed by atoms with Crippen LogP contribution < -0.4 is 11.1 Å². The van der Waals surface area contributed by atoms with E-state index in [1.54, 1.807) is 11.3 Å². The normalized spacial score (nSPS) is 18.8. The molecule has 0 bridgehead atoms. The van der Waals surface area contributed by atoms with Gasteiger partial charge in [0, 0.05) is 11.4 Å². The molecule has 94 valence electrons. The average Bonchev–Trinajstić information content (AvgIpc) is 2.64. The third kappa shape index (κ3) is 2.32. The van der Waals surface area contributed by atoms with Crippen molar-refractivity contribution in [2.75, 3.05) is 12.3 Å². The van der Waals surface area contributed by atoms with Crippen molar-refractivity contribution in [3.05, 3.63) is 16.0 Å². The van der Waals surface area contributed by atoms with Crippen LogP contribution in [0.25, 0.3) is 0 Å². The van der Waals surface area contributed by atoms with Crippen molar-refractivity contribution in [3.8, 4) is 0 Å². The number of fused-ring (bicyclic) bond motifs is 1. The molecule has 1 atom stereocenters. The Kier molecular flexibility index (Phi) is 3.72. The number of carbonyl (C=O) groups excluding carboxylic acids is 1. The molecule has 1 aromatic heterocycles. The van der Waals surface area contributed by atoms with Gasteiger partial charge in [-0.25, -0.2) is 0 Å². The van der Waals surface area contributed by atoms with Crippen molar-refractivity contribution in [2.45, 2.75) is 39.5 Å². The Bertz CT molecular complexity index is 425. The van der Waals surface area contributed by atoms with Gasteiger partial charge >= 0.3 is 0 Å². The number of thiophene rings is 1. The first-order valence-corrected chi connectivity index (χ1v) is 7.17. The Morgan fingerprint density at radius 2 is 2.29 bits per heavy atom. The molecule has 0 radical (unpaired) electrons. The fraction of sp³-hybridized carbons (Fsp3) is 0.615. The predicted octanol–water partition coefficient (Wildman–Crippen LogP) is 2.59. The molecule has 3 N–H and O–H groups in total.